The Morgan fingerprint density at radius 1 is 0.574 bits per heavy atom. The van der Waals surface area contributed by atoms with Crippen molar-refractivity contribution >= 4 is 35.4 Å². The Morgan fingerprint density at radius 3 is 1.62 bits per heavy atom. The molecule has 0 saturated heterocycles. The van der Waals surface area contributed by atoms with E-state index in [0.29, 0.717) is 64.6 Å². The highest BCUT2D eigenvalue weighted by Crippen LogP contribution is 2.29. The number of aliphatic hydroxyl groups excluding tert-OH is 1. The van der Waals surface area contributed by atoms with E-state index >= 15 is 0 Å². The number of hydrogen-bond donors (Lipinski definition) is 7. The first-order valence-electron chi connectivity index (χ1n) is 23.0. The van der Waals surface area contributed by atoms with Crippen LogP contribution in [0.5, 0.6) is 0 Å². The van der Waals surface area contributed by atoms with Crippen LogP contribution in [0.2, 0.25) is 0 Å². The molecule has 17 heteroatoms. The zero-order valence-corrected chi connectivity index (χ0v) is 37.1. The third kappa shape index (κ3) is 35.0. The van der Waals surface area contributed by atoms with Gasteiger partial charge in [-0.15, -0.1) is 0 Å². The van der Waals surface area contributed by atoms with Crippen LogP contribution in [0.25, 0.3) is 0 Å². The predicted molar refractivity (Wildman–Crippen MR) is 230 cm³/mol. The molecule has 0 bridgehead atoms. The summed E-state index contributed by atoms with van der Waals surface area (Å²) in [5.74, 6) is -2.40. The van der Waals surface area contributed by atoms with Gasteiger partial charge in [0.15, 0.2) is 5.78 Å². The van der Waals surface area contributed by atoms with Crippen LogP contribution < -0.4 is 21.3 Å². The number of unbranched alkanes of at least 4 members (excludes halogenated alkanes) is 13. The number of nitrogens with one attached hydrogen (secondary N) is 4. The number of carboxylic acids is 2. The van der Waals surface area contributed by atoms with Gasteiger partial charge in [-0.2, -0.15) is 0 Å². The van der Waals surface area contributed by atoms with Crippen molar-refractivity contribution in [1.82, 2.24) is 21.3 Å². The minimum absolute atomic E-state index is 0.0524. The Kier molecular flexibility index (Phi) is 35.2. The van der Waals surface area contributed by atoms with Crippen LogP contribution >= 0.6 is 0 Å². The average Bonchev–Trinajstić information content (AvgIpc) is 3.23. The molecule has 61 heavy (non-hydrogen) atoms. The molecule has 1 aliphatic rings. The summed E-state index contributed by atoms with van der Waals surface area (Å²) in [6.45, 7) is 4.22. The molecular weight excluding hydrogens is 792 g/mol. The van der Waals surface area contributed by atoms with E-state index in [2.05, 4.69) is 21.3 Å². The Balaban J connectivity index is 2.01. The lowest BCUT2D eigenvalue weighted by molar-refractivity contribution is -0.143. The predicted octanol–water partition coefficient (Wildman–Crippen LogP) is 4.26. The minimum atomic E-state index is -1.16. The molecule has 1 fully saturated rings. The highest BCUT2D eigenvalue weighted by molar-refractivity contribution is 5.85. The van der Waals surface area contributed by atoms with E-state index in [4.69, 9.17) is 24.1 Å². The van der Waals surface area contributed by atoms with Crippen LogP contribution in [-0.4, -0.2) is 136 Å². The van der Waals surface area contributed by atoms with Gasteiger partial charge in [0.05, 0.1) is 39.6 Å². The Hall–Kier alpha value is -3.22. The SMILES string of the molecule is CC(=O)COCCOCCNC(=O)COCCOCCNC(O)CC[C@H](NC(=O)[C@H]1CC[C@H](CNC(=O)CCCCCCCCCCCCCCCCC(=O)O)CC1)C(=O)O. The van der Waals surface area contributed by atoms with Crippen molar-refractivity contribution in [2.45, 2.75) is 160 Å². The van der Waals surface area contributed by atoms with Crippen LogP contribution in [-0.2, 0) is 47.7 Å². The summed E-state index contributed by atoms with van der Waals surface area (Å²) in [4.78, 5) is 70.3. The second-order valence-electron chi connectivity index (χ2n) is 16.2. The Bertz CT molecular complexity index is 1190. The molecule has 1 saturated carbocycles. The first-order chi connectivity index (χ1) is 29.5. The second kappa shape index (κ2) is 38.5. The number of aliphatic hydroxyl groups is 1. The van der Waals surface area contributed by atoms with Crippen molar-refractivity contribution in [2.75, 3.05) is 72.5 Å². The number of Topliss-reactive ketones (excluding diaryl/α,β-unsaturated/α-hetero) is 1. The van der Waals surface area contributed by atoms with Crippen molar-refractivity contribution in [1.29, 1.82) is 0 Å². The number of aliphatic carboxylic acids is 2. The summed E-state index contributed by atoms with van der Waals surface area (Å²) < 4.78 is 21.1. The minimum Gasteiger partial charge on any atom is -0.481 e. The molecule has 3 amide bonds. The standard InChI is InChI=1S/C44H80N4O13/c1-35(49)33-60-30-28-59-27-25-46-41(52)34-61-31-29-58-26-24-45-40(51)23-22-38(44(56)57)48-43(55)37-20-18-36(19-21-37)32-47-39(50)16-14-12-10-8-6-4-2-3-5-7-9-11-13-15-17-42(53)54/h36-38,40,45,51H,2-34H2,1H3,(H,46,52)(H,47,50)(H,48,55)(H,53,54)(H,56,57)/t36-,37-,38-,40?/m0/s1. The smallest absolute Gasteiger partial charge is 0.326 e. The van der Waals surface area contributed by atoms with Gasteiger partial charge in [-0.1, -0.05) is 77.0 Å². The normalized spacial score (nSPS) is 16.1. The molecule has 17 nitrogen and oxygen atoms in total. The van der Waals surface area contributed by atoms with Crippen LogP contribution in [0, 0.1) is 11.8 Å². The fourth-order valence-electron chi connectivity index (χ4n) is 7.06. The van der Waals surface area contributed by atoms with Gasteiger partial charge in [-0.25, -0.2) is 4.79 Å². The quantitative estimate of drug-likeness (QED) is 0.0335. The molecule has 354 valence electrons. The van der Waals surface area contributed by atoms with Crippen molar-refractivity contribution in [3.63, 3.8) is 0 Å². The molecule has 0 aromatic heterocycles. The summed E-state index contributed by atoms with van der Waals surface area (Å²) >= 11 is 0. The van der Waals surface area contributed by atoms with Crippen LogP contribution in [0.4, 0.5) is 0 Å². The first-order valence-corrected chi connectivity index (χ1v) is 23.0. The summed E-state index contributed by atoms with van der Waals surface area (Å²) in [6, 6.07) is -1.12. The number of amides is 3. The molecule has 0 radical (unpaired) electrons. The third-order valence-electron chi connectivity index (χ3n) is 10.7. The number of carbonyl (C=O) groups excluding carboxylic acids is 4. The molecule has 0 aromatic rings. The second-order valence-corrected chi connectivity index (χ2v) is 16.2. The number of carbonyl (C=O) groups is 6. The molecule has 0 heterocycles. The van der Waals surface area contributed by atoms with E-state index < -0.39 is 24.2 Å². The third-order valence-corrected chi connectivity index (χ3v) is 10.7. The summed E-state index contributed by atoms with van der Waals surface area (Å²) in [5.41, 5.74) is 0. The molecule has 7 N–H and O–H groups in total. The first kappa shape index (κ1) is 55.8. The fraction of sp³-hybridized carbons (Fsp3) is 0.864. The molecule has 1 rings (SSSR count). The lowest BCUT2D eigenvalue weighted by atomic mass is 9.81. The maximum Gasteiger partial charge on any atom is 0.326 e. The largest absolute Gasteiger partial charge is 0.481 e. The molecule has 1 unspecified atom stereocenters. The highest BCUT2D eigenvalue weighted by atomic mass is 16.5. The molecule has 2 atom stereocenters. The number of ketones is 1. The Labute approximate surface area is 363 Å². The van der Waals surface area contributed by atoms with Gasteiger partial charge in [-0.3, -0.25) is 29.3 Å². The zero-order chi connectivity index (χ0) is 44.8. The van der Waals surface area contributed by atoms with Crippen LogP contribution in [0.15, 0.2) is 0 Å². The van der Waals surface area contributed by atoms with Gasteiger partial charge in [0.25, 0.3) is 0 Å². The van der Waals surface area contributed by atoms with Gasteiger partial charge < -0.3 is 50.2 Å². The van der Waals surface area contributed by atoms with Gasteiger partial charge in [0.1, 0.15) is 25.5 Å². The fourth-order valence-corrected chi connectivity index (χ4v) is 7.06. The van der Waals surface area contributed by atoms with Crippen molar-refractivity contribution in [2.24, 2.45) is 11.8 Å². The average molecular weight is 873 g/mol. The highest BCUT2D eigenvalue weighted by Gasteiger charge is 2.29. The van der Waals surface area contributed by atoms with E-state index in [0.717, 1.165) is 51.4 Å². The summed E-state index contributed by atoms with van der Waals surface area (Å²) in [5, 5.41) is 39.9. The lowest BCUT2D eigenvalue weighted by Crippen LogP contribution is -2.45. The van der Waals surface area contributed by atoms with E-state index in [1.165, 1.54) is 58.3 Å². The molecule has 0 aliphatic heterocycles. The number of hydrogen-bond acceptors (Lipinski definition) is 12. The molecule has 0 spiro atoms. The molecule has 0 aromatic carbocycles. The molecular formula is C44H80N4O13. The van der Waals surface area contributed by atoms with Crippen LogP contribution in [0.3, 0.4) is 0 Å². The van der Waals surface area contributed by atoms with Crippen molar-refractivity contribution < 1.29 is 63.0 Å². The number of carboxylic acid groups (broad SMARTS) is 2. The van der Waals surface area contributed by atoms with Crippen molar-refractivity contribution in [3.8, 4) is 0 Å². The van der Waals surface area contributed by atoms with E-state index in [9.17, 15) is 39.0 Å². The lowest BCUT2D eigenvalue weighted by Gasteiger charge is -2.29. The van der Waals surface area contributed by atoms with Gasteiger partial charge in [0, 0.05) is 38.4 Å². The topological polar surface area (TPSA) is 248 Å². The zero-order valence-electron chi connectivity index (χ0n) is 37.1. The van der Waals surface area contributed by atoms with Gasteiger partial charge in [0.2, 0.25) is 17.7 Å². The summed E-state index contributed by atoms with van der Waals surface area (Å²) in [6.07, 6.45) is 18.8. The molecule has 1 aliphatic carbocycles. The Morgan fingerprint density at radius 2 is 1.08 bits per heavy atom. The number of rotatable bonds is 42. The van der Waals surface area contributed by atoms with E-state index in [-0.39, 0.29) is 81.7 Å². The van der Waals surface area contributed by atoms with Crippen molar-refractivity contribution in [3.05, 3.63) is 0 Å². The maximum atomic E-state index is 12.9. The van der Waals surface area contributed by atoms with Gasteiger partial charge in [-0.05, 0) is 64.2 Å². The van der Waals surface area contributed by atoms with E-state index in [1.807, 2.05) is 0 Å². The number of ether oxygens (including phenoxy) is 4. The van der Waals surface area contributed by atoms with E-state index in [1.54, 1.807) is 0 Å². The maximum absolute atomic E-state index is 12.9. The van der Waals surface area contributed by atoms with Gasteiger partial charge >= 0.3 is 11.9 Å². The summed E-state index contributed by atoms with van der Waals surface area (Å²) in [7, 11) is 0. The monoisotopic (exact) mass is 873 g/mol. The van der Waals surface area contributed by atoms with Crippen LogP contribution in [0.1, 0.15) is 148 Å².